The molecule has 21 heavy (non-hydrogen) atoms. The molecular formula is C14H18N2O3S2. The number of thiocarbonyl (C=S) groups is 1. The third-order valence-electron chi connectivity index (χ3n) is 3.52. The molecule has 1 aliphatic heterocycles. The van der Waals surface area contributed by atoms with Gasteiger partial charge in [0.2, 0.25) is 5.91 Å². The molecule has 1 saturated heterocycles. The molecule has 1 aliphatic rings. The summed E-state index contributed by atoms with van der Waals surface area (Å²) in [6.07, 6.45) is 1.25. The minimum absolute atomic E-state index is 0.0445. The van der Waals surface area contributed by atoms with Crippen LogP contribution in [0, 0.1) is 0 Å². The summed E-state index contributed by atoms with van der Waals surface area (Å²) >= 11 is 4.87. The summed E-state index contributed by atoms with van der Waals surface area (Å²) in [7, 11) is -2.90. The Kier molecular flexibility index (Phi) is 4.95. The second-order valence-electron chi connectivity index (χ2n) is 5.23. The molecule has 2 rings (SSSR count). The fourth-order valence-corrected chi connectivity index (χ4v) is 3.91. The van der Waals surface area contributed by atoms with Gasteiger partial charge in [0.05, 0.1) is 17.9 Å². The van der Waals surface area contributed by atoms with E-state index in [1.807, 2.05) is 12.1 Å². The van der Waals surface area contributed by atoms with Gasteiger partial charge < -0.3 is 11.1 Å². The average Bonchev–Trinajstić information content (AvgIpc) is 2.42. The minimum Gasteiger partial charge on any atom is -0.389 e. The van der Waals surface area contributed by atoms with Crippen LogP contribution in [0.25, 0.3) is 0 Å². The van der Waals surface area contributed by atoms with Gasteiger partial charge >= 0.3 is 0 Å². The van der Waals surface area contributed by atoms with Gasteiger partial charge in [-0.2, -0.15) is 0 Å². The molecule has 7 heteroatoms. The smallest absolute Gasteiger partial charge is 0.224 e. The van der Waals surface area contributed by atoms with Crippen molar-refractivity contribution in [3.63, 3.8) is 0 Å². The van der Waals surface area contributed by atoms with Crippen LogP contribution in [0.4, 0.5) is 0 Å². The number of nitrogens with two attached hydrogens (primary N) is 1. The van der Waals surface area contributed by atoms with Crippen molar-refractivity contribution in [3.8, 4) is 0 Å². The Labute approximate surface area is 129 Å². The van der Waals surface area contributed by atoms with Crippen molar-refractivity contribution in [2.75, 3.05) is 11.5 Å². The molecular weight excluding hydrogens is 308 g/mol. The van der Waals surface area contributed by atoms with Crippen molar-refractivity contribution in [3.05, 3.63) is 35.4 Å². The summed E-state index contributed by atoms with van der Waals surface area (Å²) in [6, 6.07) is 7.17. The molecule has 1 aromatic carbocycles. The van der Waals surface area contributed by atoms with E-state index in [2.05, 4.69) is 5.32 Å². The van der Waals surface area contributed by atoms with Crippen LogP contribution in [0.3, 0.4) is 0 Å². The Morgan fingerprint density at radius 3 is 2.33 bits per heavy atom. The molecule has 3 N–H and O–H groups in total. The normalized spacial score (nSPS) is 18.1. The van der Waals surface area contributed by atoms with E-state index in [9.17, 15) is 13.2 Å². The molecule has 114 valence electrons. The molecule has 0 unspecified atom stereocenters. The summed E-state index contributed by atoms with van der Waals surface area (Å²) in [5.41, 5.74) is 7.16. The van der Waals surface area contributed by atoms with Gasteiger partial charge in [-0.05, 0) is 18.4 Å². The van der Waals surface area contributed by atoms with Crippen molar-refractivity contribution in [2.24, 2.45) is 5.73 Å². The lowest BCUT2D eigenvalue weighted by Crippen LogP contribution is -2.41. The first kappa shape index (κ1) is 15.9. The maximum atomic E-state index is 11.9. The zero-order chi connectivity index (χ0) is 15.5. The molecule has 0 spiro atoms. The molecule has 0 aliphatic carbocycles. The SMILES string of the molecule is NC(=S)c1ccc(CC(=O)NC2CCS(=O)(=O)CC2)cc1. The van der Waals surface area contributed by atoms with Crippen molar-refractivity contribution < 1.29 is 13.2 Å². The van der Waals surface area contributed by atoms with E-state index in [0.29, 0.717) is 17.8 Å². The number of carbonyl (C=O) groups excluding carboxylic acids is 1. The number of amides is 1. The third kappa shape index (κ3) is 4.78. The first-order chi connectivity index (χ1) is 9.85. The summed E-state index contributed by atoms with van der Waals surface area (Å²) < 4.78 is 22.7. The van der Waals surface area contributed by atoms with Crippen LogP contribution < -0.4 is 11.1 Å². The summed E-state index contributed by atoms with van der Waals surface area (Å²) in [6.45, 7) is 0. The number of sulfone groups is 1. The van der Waals surface area contributed by atoms with Crippen molar-refractivity contribution in [2.45, 2.75) is 25.3 Å². The third-order valence-corrected chi connectivity index (χ3v) is 5.47. The zero-order valence-electron chi connectivity index (χ0n) is 11.5. The van der Waals surface area contributed by atoms with E-state index < -0.39 is 9.84 Å². The number of rotatable bonds is 4. The van der Waals surface area contributed by atoms with Gasteiger partial charge in [0, 0.05) is 11.6 Å². The molecule has 0 bridgehead atoms. The molecule has 0 saturated carbocycles. The van der Waals surface area contributed by atoms with E-state index in [0.717, 1.165) is 11.1 Å². The van der Waals surface area contributed by atoms with Gasteiger partial charge in [0.15, 0.2) is 0 Å². The molecule has 1 fully saturated rings. The van der Waals surface area contributed by atoms with Gasteiger partial charge in [-0.15, -0.1) is 0 Å². The van der Waals surface area contributed by atoms with E-state index in [-0.39, 0.29) is 29.9 Å². The summed E-state index contributed by atoms with van der Waals surface area (Å²) in [4.78, 5) is 12.3. The monoisotopic (exact) mass is 326 g/mol. The number of hydrogen-bond acceptors (Lipinski definition) is 4. The summed E-state index contributed by atoms with van der Waals surface area (Å²) in [5, 5.41) is 2.89. The van der Waals surface area contributed by atoms with Crippen LogP contribution >= 0.6 is 12.2 Å². The van der Waals surface area contributed by atoms with Crippen LogP contribution in [-0.2, 0) is 21.1 Å². The lowest BCUT2D eigenvalue weighted by atomic mass is 10.1. The van der Waals surface area contributed by atoms with Gasteiger partial charge in [0.1, 0.15) is 14.8 Å². The Balaban J connectivity index is 1.86. The van der Waals surface area contributed by atoms with Gasteiger partial charge in [-0.1, -0.05) is 36.5 Å². The van der Waals surface area contributed by atoms with Gasteiger partial charge in [-0.25, -0.2) is 8.42 Å². The maximum Gasteiger partial charge on any atom is 0.224 e. The van der Waals surface area contributed by atoms with Crippen molar-refractivity contribution in [1.29, 1.82) is 0 Å². The highest BCUT2D eigenvalue weighted by molar-refractivity contribution is 7.91. The van der Waals surface area contributed by atoms with Crippen LogP contribution in [0.5, 0.6) is 0 Å². The molecule has 0 radical (unpaired) electrons. The molecule has 0 aromatic heterocycles. The highest BCUT2D eigenvalue weighted by atomic mass is 32.2. The molecule has 1 amide bonds. The van der Waals surface area contributed by atoms with Crippen molar-refractivity contribution in [1.82, 2.24) is 5.32 Å². The summed E-state index contributed by atoms with van der Waals surface area (Å²) in [5.74, 6) is 0.212. The predicted molar refractivity (Wildman–Crippen MR) is 85.9 cm³/mol. The van der Waals surface area contributed by atoms with E-state index >= 15 is 0 Å². The maximum absolute atomic E-state index is 11.9. The van der Waals surface area contributed by atoms with E-state index in [1.165, 1.54) is 0 Å². The van der Waals surface area contributed by atoms with Crippen LogP contribution in [-0.4, -0.2) is 36.9 Å². The highest BCUT2D eigenvalue weighted by Crippen LogP contribution is 2.12. The second kappa shape index (κ2) is 6.53. The molecule has 5 nitrogen and oxygen atoms in total. The number of benzene rings is 1. The Hall–Kier alpha value is -1.47. The molecule has 1 aromatic rings. The molecule has 1 heterocycles. The first-order valence-corrected chi connectivity index (χ1v) is 8.97. The Bertz CT molecular complexity index is 625. The predicted octanol–water partition coefficient (Wildman–Crippen LogP) is 0.557. The fourth-order valence-electron chi connectivity index (χ4n) is 2.29. The van der Waals surface area contributed by atoms with E-state index in [1.54, 1.807) is 12.1 Å². The standard InChI is InChI=1S/C14H18N2O3S2/c15-14(20)11-3-1-10(2-4-11)9-13(17)16-12-5-7-21(18,19)8-6-12/h1-4,12H,5-9H2,(H2,15,20)(H,16,17). The van der Waals surface area contributed by atoms with Crippen LogP contribution in [0.2, 0.25) is 0 Å². The zero-order valence-corrected chi connectivity index (χ0v) is 13.2. The largest absolute Gasteiger partial charge is 0.389 e. The second-order valence-corrected chi connectivity index (χ2v) is 7.98. The van der Waals surface area contributed by atoms with Crippen LogP contribution in [0.1, 0.15) is 24.0 Å². The quantitative estimate of drug-likeness (QED) is 0.789. The topological polar surface area (TPSA) is 89.3 Å². The van der Waals surface area contributed by atoms with Crippen LogP contribution in [0.15, 0.2) is 24.3 Å². The average molecular weight is 326 g/mol. The Morgan fingerprint density at radius 2 is 1.81 bits per heavy atom. The molecule has 0 atom stereocenters. The van der Waals surface area contributed by atoms with E-state index in [4.69, 9.17) is 18.0 Å². The Morgan fingerprint density at radius 1 is 1.24 bits per heavy atom. The number of hydrogen-bond donors (Lipinski definition) is 2. The number of nitrogens with one attached hydrogen (secondary N) is 1. The van der Waals surface area contributed by atoms with Gasteiger partial charge in [-0.3, -0.25) is 4.79 Å². The van der Waals surface area contributed by atoms with Crippen molar-refractivity contribution >= 4 is 33.0 Å². The van der Waals surface area contributed by atoms with Gasteiger partial charge in [0.25, 0.3) is 0 Å². The number of carbonyl (C=O) groups is 1. The highest BCUT2D eigenvalue weighted by Gasteiger charge is 2.24. The fraction of sp³-hybridized carbons (Fsp3) is 0.429. The lowest BCUT2D eigenvalue weighted by molar-refractivity contribution is -0.121. The minimum atomic E-state index is -2.90. The first-order valence-electron chi connectivity index (χ1n) is 6.74. The lowest BCUT2D eigenvalue weighted by Gasteiger charge is -2.23.